The van der Waals surface area contributed by atoms with Crippen molar-refractivity contribution in [3.05, 3.63) is 24.3 Å². The highest BCUT2D eigenvalue weighted by Gasteiger charge is 2.08. The van der Waals surface area contributed by atoms with Gasteiger partial charge in [-0.3, -0.25) is 4.72 Å². The first-order chi connectivity index (χ1) is 7.57. The van der Waals surface area contributed by atoms with Gasteiger partial charge in [-0.2, -0.15) is 0 Å². The van der Waals surface area contributed by atoms with Gasteiger partial charge in [0.05, 0.1) is 18.0 Å². The van der Waals surface area contributed by atoms with Gasteiger partial charge in [-0.25, -0.2) is 8.42 Å². The van der Waals surface area contributed by atoms with E-state index >= 15 is 0 Å². The van der Waals surface area contributed by atoms with Gasteiger partial charge in [0.2, 0.25) is 10.0 Å². The van der Waals surface area contributed by atoms with E-state index in [9.17, 15) is 8.42 Å². The van der Waals surface area contributed by atoms with Crippen molar-refractivity contribution in [1.29, 1.82) is 0 Å². The van der Waals surface area contributed by atoms with Crippen molar-refractivity contribution in [2.24, 2.45) is 5.73 Å². The third kappa shape index (κ3) is 4.08. The Morgan fingerprint density at radius 2 is 2.19 bits per heavy atom. The lowest BCUT2D eigenvalue weighted by Crippen LogP contribution is -2.22. The zero-order chi connectivity index (χ0) is 12.0. The summed E-state index contributed by atoms with van der Waals surface area (Å²) in [6.07, 6.45) is 0. The fraction of sp³-hybridized carbons (Fsp3) is 0.400. The molecule has 0 aromatic heterocycles. The molecule has 0 radical (unpaired) electrons. The van der Waals surface area contributed by atoms with Crippen LogP contribution in [0.15, 0.2) is 24.3 Å². The molecule has 5 nitrogen and oxygen atoms in total. The van der Waals surface area contributed by atoms with Crippen LogP contribution >= 0.6 is 0 Å². The van der Waals surface area contributed by atoms with Crippen molar-refractivity contribution >= 4 is 15.7 Å². The Morgan fingerprint density at radius 1 is 1.44 bits per heavy atom. The summed E-state index contributed by atoms with van der Waals surface area (Å²) in [5.41, 5.74) is 5.69. The predicted octanol–water partition coefficient (Wildman–Crippen LogP) is 0.786. The number of anilines is 1. The second-order valence-corrected chi connectivity index (χ2v) is 5.01. The lowest BCUT2D eigenvalue weighted by Gasteiger charge is -2.08. The van der Waals surface area contributed by atoms with Gasteiger partial charge in [-0.1, -0.05) is 6.07 Å². The molecule has 1 aromatic rings. The average molecular weight is 244 g/mol. The van der Waals surface area contributed by atoms with Gasteiger partial charge in [0, 0.05) is 12.6 Å². The molecule has 0 heterocycles. The van der Waals surface area contributed by atoms with Crippen molar-refractivity contribution < 1.29 is 13.2 Å². The van der Waals surface area contributed by atoms with Gasteiger partial charge in [0.1, 0.15) is 5.75 Å². The molecule has 0 saturated heterocycles. The first-order valence-electron chi connectivity index (χ1n) is 5.01. The Balaban J connectivity index is 2.77. The van der Waals surface area contributed by atoms with Crippen LogP contribution in [0, 0.1) is 0 Å². The fourth-order valence-corrected chi connectivity index (χ4v) is 2.10. The number of sulfonamides is 1. The molecule has 0 spiro atoms. The van der Waals surface area contributed by atoms with Crippen LogP contribution in [-0.2, 0) is 10.0 Å². The van der Waals surface area contributed by atoms with Gasteiger partial charge < -0.3 is 10.5 Å². The zero-order valence-electron chi connectivity index (χ0n) is 9.14. The Morgan fingerprint density at radius 3 is 2.81 bits per heavy atom. The van der Waals surface area contributed by atoms with Crippen molar-refractivity contribution in [1.82, 2.24) is 0 Å². The third-order valence-electron chi connectivity index (χ3n) is 1.80. The van der Waals surface area contributed by atoms with E-state index in [0.717, 1.165) is 0 Å². The molecule has 0 unspecified atom stereocenters. The molecule has 0 aliphatic rings. The van der Waals surface area contributed by atoms with Crippen LogP contribution in [0.4, 0.5) is 5.69 Å². The maximum absolute atomic E-state index is 11.4. The summed E-state index contributed by atoms with van der Waals surface area (Å²) in [6, 6.07) is 6.80. The SMILES string of the molecule is CCOc1cccc(NS(=O)(=O)CCN)c1. The maximum atomic E-state index is 11.4. The van der Waals surface area contributed by atoms with Gasteiger partial charge in [-0.15, -0.1) is 0 Å². The summed E-state index contributed by atoms with van der Waals surface area (Å²) in [5, 5.41) is 0. The Labute approximate surface area is 95.7 Å². The number of hydrogen-bond donors (Lipinski definition) is 2. The lowest BCUT2D eigenvalue weighted by molar-refractivity contribution is 0.340. The third-order valence-corrected chi connectivity index (χ3v) is 3.12. The van der Waals surface area contributed by atoms with Crippen LogP contribution in [0.2, 0.25) is 0 Å². The van der Waals surface area contributed by atoms with Crippen LogP contribution in [0.25, 0.3) is 0 Å². The molecule has 0 atom stereocenters. The molecule has 16 heavy (non-hydrogen) atoms. The maximum Gasteiger partial charge on any atom is 0.233 e. The summed E-state index contributed by atoms with van der Waals surface area (Å²) in [4.78, 5) is 0. The van der Waals surface area contributed by atoms with Crippen LogP contribution < -0.4 is 15.2 Å². The Kier molecular flexibility index (Phi) is 4.57. The minimum Gasteiger partial charge on any atom is -0.494 e. The topological polar surface area (TPSA) is 81.4 Å². The van der Waals surface area contributed by atoms with Crippen molar-refractivity contribution in [3.8, 4) is 5.75 Å². The van der Waals surface area contributed by atoms with E-state index in [2.05, 4.69) is 4.72 Å². The molecule has 0 saturated carbocycles. The van der Waals surface area contributed by atoms with Gasteiger partial charge in [0.25, 0.3) is 0 Å². The van der Waals surface area contributed by atoms with E-state index < -0.39 is 10.0 Å². The standard InChI is InChI=1S/C10H16N2O3S/c1-2-15-10-5-3-4-9(8-10)12-16(13,14)7-6-11/h3-5,8,12H,2,6-7,11H2,1H3. The number of nitrogens with one attached hydrogen (secondary N) is 1. The summed E-state index contributed by atoms with van der Waals surface area (Å²) >= 11 is 0. The van der Waals surface area contributed by atoms with E-state index in [1.807, 2.05) is 6.92 Å². The van der Waals surface area contributed by atoms with Gasteiger partial charge in [0.15, 0.2) is 0 Å². The first kappa shape index (κ1) is 12.8. The molecular weight excluding hydrogens is 228 g/mol. The Bertz CT molecular complexity index is 431. The number of nitrogens with two attached hydrogens (primary N) is 1. The monoisotopic (exact) mass is 244 g/mol. The summed E-state index contributed by atoms with van der Waals surface area (Å²) in [7, 11) is -3.35. The second-order valence-electron chi connectivity index (χ2n) is 3.17. The van der Waals surface area contributed by atoms with E-state index in [1.54, 1.807) is 24.3 Å². The predicted molar refractivity (Wildman–Crippen MR) is 64.1 cm³/mol. The van der Waals surface area contributed by atoms with E-state index in [4.69, 9.17) is 10.5 Å². The number of rotatable bonds is 6. The van der Waals surface area contributed by atoms with Gasteiger partial charge >= 0.3 is 0 Å². The summed E-state index contributed by atoms with van der Waals surface area (Å²) in [5.74, 6) is 0.543. The van der Waals surface area contributed by atoms with E-state index in [1.165, 1.54) is 0 Å². The van der Waals surface area contributed by atoms with Crippen LogP contribution in [-0.4, -0.2) is 27.3 Å². The molecule has 3 N–H and O–H groups in total. The van der Waals surface area contributed by atoms with Crippen molar-refractivity contribution in [2.45, 2.75) is 6.92 Å². The molecule has 0 aliphatic carbocycles. The van der Waals surface area contributed by atoms with E-state index in [-0.39, 0.29) is 12.3 Å². The molecule has 1 aromatic carbocycles. The van der Waals surface area contributed by atoms with Crippen molar-refractivity contribution in [3.63, 3.8) is 0 Å². The molecule has 0 amide bonds. The normalized spacial score (nSPS) is 11.1. The highest BCUT2D eigenvalue weighted by molar-refractivity contribution is 7.92. The molecule has 90 valence electrons. The van der Waals surface area contributed by atoms with E-state index in [0.29, 0.717) is 18.0 Å². The van der Waals surface area contributed by atoms with Gasteiger partial charge in [-0.05, 0) is 19.1 Å². The molecule has 1 rings (SSSR count). The average Bonchev–Trinajstić information content (AvgIpc) is 2.17. The van der Waals surface area contributed by atoms with Crippen molar-refractivity contribution in [2.75, 3.05) is 23.6 Å². The number of ether oxygens (including phenoxy) is 1. The minimum atomic E-state index is -3.35. The molecule has 6 heteroatoms. The minimum absolute atomic E-state index is 0.0914. The van der Waals surface area contributed by atoms with Crippen LogP contribution in [0.3, 0.4) is 0 Å². The quantitative estimate of drug-likeness (QED) is 0.775. The first-order valence-corrected chi connectivity index (χ1v) is 6.66. The lowest BCUT2D eigenvalue weighted by atomic mass is 10.3. The summed E-state index contributed by atoms with van der Waals surface area (Å²) in [6.45, 7) is 2.50. The highest BCUT2D eigenvalue weighted by atomic mass is 32.2. The molecule has 0 bridgehead atoms. The molecule has 0 fully saturated rings. The summed E-state index contributed by atoms with van der Waals surface area (Å²) < 4.78 is 30.6. The Hall–Kier alpha value is -1.27. The second kappa shape index (κ2) is 5.72. The number of benzene rings is 1. The largest absolute Gasteiger partial charge is 0.494 e. The van der Waals surface area contributed by atoms with Crippen LogP contribution in [0.5, 0.6) is 5.75 Å². The zero-order valence-corrected chi connectivity index (χ0v) is 9.96. The fourth-order valence-electron chi connectivity index (χ4n) is 1.20. The molecule has 0 aliphatic heterocycles. The smallest absolute Gasteiger partial charge is 0.233 e. The number of hydrogen-bond acceptors (Lipinski definition) is 4. The highest BCUT2D eigenvalue weighted by Crippen LogP contribution is 2.18. The van der Waals surface area contributed by atoms with Crippen LogP contribution in [0.1, 0.15) is 6.92 Å². The molecular formula is C10H16N2O3S.